The van der Waals surface area contributed by atoms with Crippen molar-refractivity contribution in [2.75, 3.05) is 26.0 Å². The summed E-state index contributed by atoms with van der Waals surface area (Å²) in [6.07, 6.45) is 2.47. The van der Waals surface area contributed by atoms with Crippen molar-refractivity contribution in [3.05, 3.63) is 58.7 Å². The Morgan fingerprint density at radius 2 is 1.73 bits per heavy atom. The smallest absolute Gasteiger partial charge is 0.308 e. The minimum atomic E-state index is -0.278. The number of fused-ring (bicyclic) bond motifs is 1. The van der Waals surface area contributed by atoms with Crippen LogP contribution >= 0.6 is 0 Å². The van der Waals surface area contributed by atoms with E-state index in [9.17, 15) is 14.4 Å². The summed E-state index contributed by atoms with van der Waals surface area (Å²) in [6.45, 7) is 3.54. The van der Waals surface area contributed by atoms with E-state index in [-0.39, 0.29) is 29.6 Å². The monoisotopic (exact) mass is 509 g/mol. The van der Waals surface area contributed by atoms with Crippen LogP contribution in [0.4, 0.5) is 5.69 Å². The van der Waals surface area contributed by atoms with Crippen LogP contribution in [0, 0.1) is 11.8 Å². The van der Waals surface area contributed by atoms with E-state index in [0.717, 1.165) is 16.7 Å². The van der Waals surface area contributed by atoms with Crippen molar-refractivity contribution in [1.29, 1.82) is 0 Å². The maximum Gasteiger partial charge on any atom is 0.308 e. The van der Waals surface area contributed by atoms with Crippen molar-refractivity contribution in [2.24, 2.45) is 11.8 Å². The van der Waals surface area contributed by atoms with Crippen molar-refractivity contribution in [3.63, 3.8) is 0 Å². The second kappa shape index (κ2) is 12.2. The molecule has 1 fully saturated rings. The molecule has 2 N–H and O–H groups in total. The number of carbonyl (C=O) groups is 3. The standard InChI is InChI=1S/C28H35N3O6/c1-4-35-28(34)21-10-8-20(9-11-21)26(32)30-24-12-6-19(16-31(2)3)13-23(24)27(33)29-15-18-5-7-22-17-36-37-25(22)14-18/h5-7,12-14,20-21H,4,8-11,15-17H2,1-3H3,(H,29,33)(H,30,32). The molecule has 0 spiro atoms. The fourth-order valence-corrected chi connectivity index (χ4v) is 4.78. The second-order valence-electron chi connectivity index (χ2n) is 9.88. The lowest BCUT2D eigenvalue weighted by Crippen LogP contribution is -2.31. The highest BCUT2D eigenvalue weighted by molar-refractivity contribution is 6.04. The number of rotatable bonds is 9. The fourth-order valence-electron chi connectivity index (χ4n) is 4.78. The number of benzene rings is 2. The molecule has 1 saturated carbocycles. The van der Waals surface area contributed by atoms with Crippen LogP contribution in [0.1, 0.15) is 59.7 Å². The van der Waals surface area contributed by atoms with Crippen molar-refractivity contribution in [2.45, 2.75) is 52.3 Å². The summed E-state index contributed by atoms with van der Waals surface area (Å²) < 4.78 is 5.13. The zero-order valence-corrected chi connectivity index (χ0v) is 21.7. The third-order valence-electron chi connectivity index (χ3n) is 6.75. The van der Waals surface area contributed by atoms with Gasteiger partial charge >= 0.3 is 5.97 Å². The third-order valence-corrected chi connectivity index (χ3v) is 6.75. The van der Waals surface area contributed by atoms with Gasteiger partial charge in [0.05, 0.1) is 23.8 Å². The molecule has 4 rings (SSSR count). The molecule has 37 heavy (non-hydrogen) atoms. The summed E-state index contributed by atoms with van der Waals surface area (Å²) in [6, 6.07) is 11.2. The lowest BCUT2D eigenvalue weighted by atomic mass is 9.81. The highest BCUT2D eigenvalue weighted by Crippen LogP contribution is 2.31. The van der Waals surface area contributed by atoms with E-state index in [2.05, 4.69) is 10.6 Å². The number of anilines is 1. The van der Waals surface area contributed by atoms with E-state index in [1.807, 2.05) is 49.3 Å². The van der Waals surface area contributed by atoms with Gasteiger partial charge < -0.3 is 25.2 Å². The zero-order valence-electron chi connectivity index (χ0n) is 21.7. The number of hydrogen-bond acceptors (Lipinski definition) is 7. The Morgan fingerprint density at radius 3 is 2.46 bits per heavy atom. The van der Waals surface area contributed by atoms with Crippen molar-refractivity contribution >= 4 is 23.5 Å². The van der Waals surface area contributed by atoms with Crippen molar-refractivity contribution in [3.8, 4) is 5.75 Å². The number of nitrogens with zero attached hydrogens (tertiary/aromatic N) is 1. The van der Waals surface area contributed by atoms with Crippen LogP contribution in [0.3, 0.4) is 0 Å². The Balaban J connectivity index is 1.43. The molecule has 198 valence electrons. The van der Waals surface area contributed by atoms with Crippen LogP contribution in [-0.2, 0) is 38.9 Å². The lowest BCUT2D eigenvalue weighted by molar-refractivity contribution is -0.194. The molecular weight excluding hydrogens is 474 g/mol. The molecule has 2 aliphatic rings. The largest absolute Gasteiger partial charge is 0.466 e. The van der Waals surface area contributed by atoms with Gasteiger partial charge in [-0.05, 0) is 76.0 Å². The van der Waals surface area contributed by atoms with Gasteiger partial charge in [-0.15, -0.1) is 0 Å². The first-order chi connectivity index (χ1) is 17.8. The Morgan fingerprint density at radius 1 is 1.00 bits per heavy atom. The summed E-state index contributed by atoms with van der Waals surface area (Å²) in [5.41, 5.74) is 3.70. The average Bonchev–Trinajstić information content (AvgIpc) is 3.36. The summed E-state index contributed by atoms with van der Waals surface area (Å²) in [5.74, 6) is -0.291. The first-order valence-electron chi connectivity index (χ1n) is 12.8. The van der Waals surface area contributed by atoms with Gasteiger partial charge in [0.1, 0.15) is 6.61 Å². The molecule has 2 amide bonds. The highest BCUT2D eigenvalue weighted by atomic mass is 17.2. The van der Waals surface area contributed by atoms with E-state index in [1.165, 1.54) is 0 Å². The van der Waals surface area contributed by atoms with Gasteiger partial charge in [0.15, 0.2) is 5.75 Å². The Labute approximate surface area is 217 Å². The highest BCUT2D eigenvalue weighted by Gasteiger charge is 2.31. The second-order valence-corrected chi connectivity index (χ2v) is 9.88. The topological polar surface area (TPSA) is 106 Å². The Bertz CT molecular complexity index is 1140. The number of nitrogens with one attached hydrogen (secondary N) is 2. The quantitative estimate of drug-likeness (QED) is 0.391. The minimum absolute atomic E-state index is 0.132. The van der Waals surface area contributed by atoms with Gasteiger partial charge in [0, 0.05) is 24.6 Å². The van der Waals surface area contributed by atoms with Gasteiger partial charge in [-0.3, -0.25) is 14.4 Å². The van der Waals surface area contributed by atoms with Crippen LogP contribution < -0.4 is 15.5 Å². The molecule has 0 unspecified atom stereocenters. The number of carbonyl (C=O) groups excluding carboxylic acids is 3. The number of ether oxygens (including phenoxy) is 1. The first-order valence-corrected chi connectivity index (χ1v) is 12.8. The molecule has 0 aromatic heterocycles. The maximum atomic E-state index is 13.3. The van der Waals surface area contributed by atoms with Crippen LogP contribution in [0.5, 0.6) is 5.75 Å². The molecule has 0 bridgehead atoms. The van der Waals surface area contributed by atoms with Crippen LogP contribution in [-0.4, -0.2) is 43.4 Å². The summed E-state index contributed by atoms with van der Waals surface area (Å²) >= 11 is 0. The number of amides is 2. The minimum Gasteiger partial charge on any atom is -0.466 e. The molecule has 9 heteroatoms. The molecule has 1 aliphatic carbocycles. The maximum absolute atomic E-state index is 13.3. The molecule has 2 aromatic carbocycles. The summed E-state index contributed by atoms with van der Waals surface area (Å²) in [7, 11) is 3.92. The molecule has 2 aromatic rings. The normalized spacial score (nSPS) is 18.6. The molecule has 0 radical (unpaired) electrons. The van der Waals surface area contributed by atoms with Crippen molar-refractivity contribution < 1.29 is 28.9 Å². The molecule has 1 heterocycles. The predicted octanol–water partition coefficient (Wildman–Crippen LogP) is 3.81. The van der Waals surface area contributed by atoms with E-state index >= 15 is 0 Å². The molecule has 1 aliphatic heterocycles. The summed E-state index contributed by atoms with van der Waals surface area (Å²) in [4.78, 5) is 50.5. The van der Waals surface area contributed by atoms with Crippen LogP contribution in [0.15, 0.2) is 36.4 Å². The molecule has 9 nitrogen and oxygen atoms in total. The van der Waals surface area contributed by atoms with Crippen LogP contribution in [0.2, 0.25) is 0 Å². The van der Waals surface area contributed by atoms with E-state index in [1.54, 1.807) is 13.0 Å². The van der Waals surface area contributed by atoms with E-state index in [0.29, 0.717) is 69.0 Å². The van der Waals surface area contributed by atoms with E-state index in [4.69, 9.17) is 14.5 Å². The van der Waals surface area contributed by atoms with Crippen molar-refractivity contribution in [1.82, 2.24) is 10.2 Å². The Hall–Kier alpha value is -3.43. The SMILES string of the molecule is CCOC(=O)C1CCC(C(=O)Nc2ccc(CN(C)C)cc2C(=O)NCc2ccc3c(c2)OOC3)CC1. The van der Waals surface area contributed by atoms with Gasteiger partial charge in [-0.2, -0.15) is 4.89 Å². The zero-order chi connectivity index (χ0) is 26.4. The lowest BCUT2D eigenvalue weighted by Gasteiger charge is -2.26. The number of esters is 1. The molecule has 0 saturated heterocycles. The Kier molecular flexibility index (Phi) is 8.78. The fraction of sp³-hybridized carbons (Fsp3) is 0.464. The van der Waals surface area contributed by atoms with Gasteiger partial charge in [0.25, 0.3) is 5.91 Å². The van der Waals surface area contributed by atoms with Gasteiger partial charge in [-0.1, -0.05) is 18.2 Å². The summed E-state index contributed by atoms with van der Waals surface area (Å²) in [5, 5.41) is 5.94. The molecule has 0 atom stereocenters. The van der Waals surface area contributed by atoms with Crippen LogP contribution in [0.25, 0.3) is 0 Å². The molecular formula is C28H35N3O6. The first kappa shape index (κ1) is 26.6. The predicted molar refractivity (Wildman–Crippen MR) is 138 cm³/mol. The van der Waals surface area contributed by atoms with Gasteiger partial charge in [-0.25, -0.2) is 0 Å². The number of hydrogen-bond donors (Lipinski definition) is 2. The van der Waals surface area contributed by atoms with E-state index < -0.39 is 0 Å². The van der Waals surface area contributed by atoms with Gasteiger partial charge in [0.2, 0.25) is 5.91 Å². The third kappa shape index (κ3) is 6.87. The average molecular weight is 510 g/mol.